The van der Waals surface area contributed by atoms with Gasteiger partial charge < -0.3 is 10.3 Å². The van der Waals surface area contributed by atoms with Crippen LogP contribution < -0.4 is 16.2 Å². The lowest BCUT2D eigenvalue weighted by Crippen LogP contribution is -2.39. The van der Waals surface area contributed by atoms with E-state index < -0.39 is 0 Å². The van der Waals surface area contributed by atoms with E-state index in [2.05, 4.69) is 23.4 Å². The second-order valence-electron chi connectivity index (χ2n) is 5.40. The zero-order valence-corrected chi connectivity index (χ0v) is 11.9. The number of anilines is 2. The number of carbonyl (C=O) groups excluding carboxylic acids is 1. The van der Waals surface area contributed by atoms with Crippen molar-refractivity contribution < 1.29 is 4.79 Å². The lowest BCUT2D eigenvalue weighted by Gasteiger charge is -2.33. The summed E-state index contributed by atoms with van der Waals surface area (Å²) in [4.78, 5) is 18.8. The first-order valence-electron chi connectivity index (χ1n) is 7.02. The maximum atomic E-state index is 12.9. The number of carbonyl (C=O) groups is 1. The largest absolute Gasteiger partial charge is 0.308 e. The summed E-state index contributed by atoms with van der Waals surface area (Å²) in [6, 6.07) is 11.5. The van der Waals surface area contributed by atoms with Crippen molar-refractivity contribution in [3.05, 3.63) is 53.7 Å². The van der Waals surface area contributed by atoms with Crippen LogP contribution in [0, 0.1) is 5.92 Å². The average Bonchev–Trinajstić information content (AvgIpc) is 2.53. The number of aromatic nitrogens is 1. The van der Waals surface area contributed by atoms with Crippen LogP contribution in [0.1, 0.15) is 22.8 Å². The third-order valence-corrected chi connectivity index (χ3v) is 3.77. The summed E-state index contributed by atoms with van der Waals surface area (Å²) in [6.07, 6.45) is 2.60. The number of pyridine rings is 1. The van der Waals surface area contributed by atoms with E-state index in [0.717, 1.165) is 12.1 Å². The third kappa shape index (κ3) is 2.48. The Morgan fingerprint density at radius 3 is 2.95 bits per heavy atom. The second kappa shape index (κ2) is 5.54. The van der Waals surface area contributed by atoms with Gasteiger partial charge in [-0.3, -0.25) is 4.79 Å². The van der Waals surface area contributed by atoms with E-state index in [9.17, 15) is 4.79 Å². The Morgan fingerprint density at radius 2 is 2.14 bits per heavy atom. The molecule has 0 bridgehead atoms. The highest BCUT2D eigenvalue weighted by Gasteiger charge is 2.28. The molecule has 0 fully saturated rings. The summed E-state index contributed by atoms with van der Waals surface area (Å²) in [5.41, 5.74) is 5.17. The quantitative estimate of drug-likeness (QED) is 0.654. The van der Waals surface area contributed by atoms with Gasteiger partial charge in [0.1, 0.15) is 0 Å². The number of fused-ring (bicyclic) bond motifs is 1. The van der Waals surface area contributed by atoms with Crippen molar-refractivity contribution in [3.8, 4) is 0 Å². The number of benzene rings is 1. The highest BCUT2D eigenvalue weighted by molar-refractivity contribution is 6.09. The maximum Gasteiger partial charge on any atom is 0.262 e. The molecule has 3 N–H and O–H groups in total. The SMILES string of the molecule is CC1Cc2ccccc2N(C(=O)c2cccnc2NN)C1. The van der Waals surface area contributed by atoms with Gasteiger partial charge in [-0.25, -0.2) is 10.8 Å². The number of para-hydroxylation sites is 1. The minimum absolute atomic E-state index is 0.0740. The van der Waals surface area contributed by atoms with E-state index >= 15 is 0 Å². The molecule has 5 heteroatoms. The normalized spacial score (nSPS) is 17.2. The molecule has 1 unspecified atom stereocenters. The molecule has 1 aromatic heterocycles. The topological polar surface area (TPSA) is 71.2 Å². The van der Waals surface area contributed by atoms with Crippen molar-refractivity contribution in [2.45, 2.75) is 13.3 Å². The predicted octanol–water partition coefficient (Wildman–Crippen LogP) is 2.21. The molecule has 1 aliphatic rings. The van der Waals surface area contributed by atoms with Gasteiger partial charge in [0.05, 0.1) is 5.56 Å². The summed E-state index contributed by atoms with van der Waals surface area (Å²) < 4.78 is 0. The molecular formula is C16H18N4O. The van der Waals surface area contributed by atoms with Gasteiger partial charge in [0.2, 0.25) is 0 Å². The van der Waals surface area contributed by atoms with E-state index in [4.69, 9.17) is 5.84 Å². The molecule has 0 spiro atoms. The van der Waals surface area contributed by atoms with E-state index in [-0.39, 0.29) is 5.91 Å². The zero-order valence-electron chi connectivity index (χ0n) is 11.9. The number of amides is 1. The first-order valence-corrected chi connectivity index (χ1v) is 7.02. The number of nitrogens with two attached hydrogens (primary N) is 1. The number of nitrogens with one attached hydrogen (secondary N) is 1. The lowest BCUT2D eigenvalue weighted by atomic mass is 9.93. The minimum atomic E-state index is -0.0740. The average molecular weight is 282 g/mol. The number of hydrogen-bond acceptors (Lipinski definition) is 4. The van der Waals surface area contributed by atoms with E-state index in [1.807, 2.05) is 23.1 Å². The van der Waals surface area contributed by atoms with Crippen LogP contribution in [-0.4, -0.2) is 17.4 Å². The van der Waals surface area contributed by atoms with Gasteiger partial charge >= 0.3 is 0 Å². The highest BCUT2D eigenvalue weighted by atomic mass is 16.2. The van der Waals surface area contributed by atoms with Crippen LogP contribution in [0.4, 0.5) is 11.5 Å². The van der Waals surface area contributed by atoms with Crippen molar-refractivity contribution in [2.75, 3.05) is 16.9 Å². The molecule has 2 heterocycles. The molecule has 1 aromatic carbocycles. The Kier molecular flexibility index (Phi) is 3.58. The fraction of sp³-hybridized carbons (Fsp3) is 0.250. The number of hydrogen-bond donors (Lipinski definition) is 2. The standard InChI is InChI=1S/C16H18N4O/c1-11-9-12-5-2-3-7-14(12)20(10-11)16(21)13-6-4-8-18-15(13)19-17/h2-8,11H,9-10,17H2,1H3,(H,18,19). The van der Waals surface area contributed by atoms with Crippen molar-refractivity contribution >= 4 is 17.4 Å². The van der Waals surface area contributed by atoms with E-state index in [1.54, 1.807) is 18.3 Å². The zero-order chi connectivity index (χ0) is 14.8. The molecule has 5 nitrogen and oxygen atoms in total. The van der Waals surface area contributed by atoms with Gasteiger partial charge in [0, 0.05) is 18.4 Å². The monoisotopic (exact) mass is 282 g/mol. The second-order valence-corrected chi connectivity index (χ2v) is 5.40. The van der Waals surface area contributed by atoms with Gasteiger partial charge in [-0.15, -0.1) is 0 Å². The summed E-state index contributed by atoms with van der Waals surface area (Å²) >= 11 is 0. The van der Waals surface area contributed by atoms with Crippen molar-refractivity contribution in [2.24, 2.45) is 11.8 Å². The van der Waals surface area contributed by atoms with Gasteiger partial charge in [-0.05, 0) is 36.1 Å². The molecule has 2 aromatic rings. The van der Waals surface area contributed by atoms with Crippen molar-refractivity contribution in [1.29, 1.82) is 0 Å². The summed E-state index contributed by atoms with van der Waals surface area (Å²) in [6.45, 7) is 2.86. The smallest absolute Gasteiger partial charge is 0.262 e. The number of nitrogens with zero attached hydrogens (tertiary/aromatic N) is 2. The number of nitrogen functional groups attached to an aromatic ring is 1. The van der Waals surface area contributed by atoms with E-state index in [0.29, 0.717) is 23.8 Å². The predicted molar refractivity (Wildman–Crippen MR) is 83.0 cm³/mol. The maximum absolute atomic E-state index is 12.9. The van der Waals surface area contributed by atoms with E-state index in [1.165, 1.54) is 5.56 Å². The third-order valence-electron chi connectivity index (χ3n) is 3.77. The molecule has 0 saturated carbocycles. The first kappa shape index (κ1) is 13.6. The van der Waals surface area contributed by atoms with Crippen LogP contribution in [-0.2, 0) is 6.42 Å². The Balaban J connectivity index is 2.02. The van der Waals surface area contributed by atoms with Crippen LogP contribution in [0.3, 0.4) is 0 Å². The van der Waals surface area contributed by atoms with Gasteiger partial charge in [0.25, 0.3) is 5.91 Å². The minimum Gasteiger partial charge on any atom is -0.308 e. The Bertz CT molecular complexity index is 671. The fourth-order valence-electron chi connectivity index (χ4n) is 2.83. The van der Waals surface area contributed by atoms with Crippen molar-refractivity contribution in [3.63, 3.8) is 0 Å². The fourth-order valence-corrected chi connectivity index (χ4v) is 2.83. The Hall–Kier alpha value is -2.40. The van der Waals surface area contributed by atoms with Crippen molar-refractivity contribution in [1.82, 2.24) is 4.98 Å². The molecule has 108 valence electrons. The first-order chi connectivity index (χ1) is 10.2. The Morgan fingerprint density at radius 1 is 1.33 bits per heavy atom. The summed E-state index contributed by atoms with van der Waals surface area (Å²) in [5, 5.41) is 0. The Labute approximate surface area is 123 Å². The molecule has 0 aliphatic carbocycles. The molecule has 3 rings (SSSR count). The van der Waals surface area contributed by atoms with Crippen LogP contribution in [0.15, 0.2) is 42.6 Å². The van der Waals surface area contributed by atoms with Gasteiger partial charge in [-0.1, -0.05) is 25.1 Å². The van der Waals surface area contributed by atoms with Crippen LogP contribution >= 0.6 is 0 Å². The highest BCUT2D eigenvalue weighted by Crippen LogP contribution is 2.31. The summed E-state index contributed by atoms with van der Waals surface area (Å²) in [5.74, 6) is 6.21. The molecule has 21 heavy (non-hydrogen) atoms. The van der Waals surface area contributed by atoms with Crippen LogP contribution in [0.2, 0.25) is 0 Å². The van der Waals surface area contributed by atoms with Gasteiger partial charge in [-0.2, -0.15) is 0 Å². The molecule has 0 saturated heterocycles. The van der Waals surface area contributed by atoms with Crippen LogP contribution in [0.5, 0.6) is 0 Å². The van der Waals surface area contributed by atoms with Gasteiger partial charge in [0.15, 0.2) is 5.82 Å². The lowest BCUT2D eigenvalue weighted by molar-refractivity contribution is 0.0981. The molecule has 0 radical (unpaired) electrons. The number of hydrazine groups is 1. The molecule has 1 amide bonds. The summed E-state index contributed by atoms with van der Waals surface area (Å²) in [7, 11) is 0. The number of rotatable bonds is 2. The molecular weight excluding hydrogens is 264 g/mol. The molecule has 1 atom stereocenters. The van der Waals surface area contributed by atoms with Crippen LogP contribution in [0.25, 0.3) is 0 Å². The molecule has 1 aliphatic heterocycles.